The zero-order valence-electron chi connectivity index (χ0n) is 11.6. The van der Waals surface area contributed by atoms with Gasteiger partial charge in [-0.15, -0.1) is 10.2 Å². The topological polar surface area (TPSA) is 68.0 Å². The molecule has 1 amide bonds. The van der Waals surface area contributed by atoms with Crippen LogP contribution in [0.5, 0.6) is 0 Å². The first-order valence-electron chi connectivity index (χ1n) is 6.56. The first-order chi connectivity index (χ1) is 10.2. The third kappa shape index (κ3) is 5.06. The largest absolute Gasteiger partial charge is 0.420 e. The van der Waals surface area contributed by atoms with Crippen molar-refractivity contribution >= 4 is 29.3 Å². The van der Waals surface area contributed by atoms with Gasteiger partial charge in [-0.3, -0.25) is 4.79 Å². The molecule has 0 saturated carbocycles. The molecule has 1 N–H and O–H groups in total. The van der Waals surface area contributed by atoms with E-state index in [1.807, 2.05) is 18.2 Å². The molecule has 2 aromatic rings. The Bertz CT molecular complexity index is 603. The Morgan fingerprint density at radius 2 is 2.19 bits per heavy atom. The Balaban J connectivity index is 1.79. The van der Waals surface area contributed by atoms with E-state index in [2.05, 4.69) is 15.5 Å². The zero-order valence-corrected chi connectivity index (χ0v) is 13.2. The fourth-order valence-electron chi connectivity index (χ4n) is 1.65. The second-order valence-electron chi connectivity index (χ2n) is 4.37. The number of nitrogens with one attached hydrogen (secondary N) is 1. The van der Waals surface area contributed by atoms with Gasteiger partial charge in [0.15, 0.2) is 0 Å². The van der Waals surface area contributed by atoms with Crippen LogP contribution in [0.25, 0.3) is 11.5 Å². The monoisotopic (exact) mass is 325 g/mol. The summed E-state index contributed by atoms with van der Waals surface area (Å²) in [4.78, 5) is 10.7. The van der Waals surface area contributed by atoms with E-state index in [4.69, 9.17) is 16.0 Å². The van der Waals surface area contributed by atoms with Crippen LogP contribution in [-0.4, -0.2) is 28.4 Å². The predicted octanol–water partition coefficient (Wildman–Crippen LogP) is 3.15. The van der Waals surface area contributed by atoms with Crippen LogP contribution in [0.2, 0.25) is 5.02 Å². The number of benzene rings is 1. The summed E-state index contributed by atoms with van der Waals surface area (Å²) in [7, 11) is 0. The number of amides is 1. The second-order valence-corrected chi connectivity index (χ2v) is 5.88. The molecule has 0 aliphatic carbocycles. The van der Waals surface area contributed by atoms with E-state index in [0.29, 0.717) is 29.1 Å². The molecule has 0 atom stereocenters. The lowest BCUT2D eigenvalue weighted by Crippen LogP contribution is -2.21. The first-order valence-corrected chi connectivity index (χ1v) is 8.09. The van der Waals surface area contributed by atoms with Crippen LogP contribution in [0.15, 0.2) is 28.7 Å². The van der Waals surface area contributed by atoms with Gasteiger partial charge in [0.05, 0.1) is 16.3 Å². The van der Waals surface area contributed by atoms with Gasteiger partial charge < -0.3 is 9.73 Å². The molecule has 112 valence electrons. The molecule has 1 aromatic carbocycles. The van der Waals surface area contributed by atoms with E-state index in [1.54, 1.807) is 17.8 Å². The Morgan fingerprint density at radius 1 is 1.38 bits per heavy atom. The van der Waals surface area contributed by atoms with E-state index in [-0.39, 0.29) is 5.91 Å². The number of carbonyl (C=O) groups excluding carboxylic acids is 1. The SMILES string of the molecule is CC(=O)NCCCSCc1nnc(-c2ccccc2Cl)o1. The molecule has 2 rings (SSSR count). The zero-order chi connectivity index (χ0) is 15.1. The standard InChI is InChI=1S/C14H16ClN3O2S/c1-10(19)16-7-4-8-21-9-13-17-18-14(20-13)11-5-2-3-6-12(11)15/h2-3,5-6H,4,7-9H2,1H3,(H,16,19). The molecule has 1 aromatic heterocycles. The lowest BCUT2D eigenvalue weighted by molar-refractivity contribution is -0.118. The van der Waals surface area contributed by atoms with Crippen LogP contribution < -0.4 is 5.32 Å². The van der Waals surface area contributed by atoms with Crippen molar-refractivity contribution in [2.75, 3.05) is 12.3 Å². The predicted molar refractivity (Wildman–Crippen MR) is 84.2 cm³/mol. The number of halogens is 1. The number of aromatic nitrogens is 2. The molecule has 0 aliphatic heterocycles. The summed E-state index contributed by atoms with van der Waals surface area (Å²) >= 11 is 7.78. The summed E-state index contributed by atoms with van der Waals surface area (Å²) in [6, 6.07) is 7.37. The van der Waals surface area contributed by atoms with Crippen LogP contribution >= 0.6 is 23.4 Å². The Hall–Kier alpha value is -1.53. The average Bonchev–Trinajstić information content (AvgIpc) is 2.91. The van der Waals surface area contributed by atoms with E-state index < -0.39 is 0 Å². The van der Waals surface area contributed by atoms with E-state index >= 15 is 0 Å². The minimum absolute atomic E-state index is 0.00119. The maximum atomic E-state index is 10.7. The molecule has 0 saturated heterocycles. The molecule has 0 fully saturated rings. The van der Waals surface area contributed by atoms with Crippen LogP contribution in [0.1, 0.15) is 19.2 Å². The molecule has 7 heteroatoms. The molecule has 0 unspecified atom stereocenters. The molecule has 0 bridgehead atoms. The summed E-state index contributed by atoms with van der Waals surface area (Å²) in [5.74, 6) is 2.59. The van der Waals surface area contributed by atoms with Gasteiger partial charge in [0.2, 0.25) is 17.7 Å². The van der Waals surface area contributed by atoms with Crippen molar-refractivity contribution in [1.29, 1.82) is 0 Å². The Kier molecular flexibility index (Phi) is 6.07. The number of carbonyl (C=O) groups is 1. The highest BCUT2D eigenvalue weighted by molar-refractivity contribution is 7.98. The molecule has 0 radical (unpaired) electrons. The van der Waals surface area contributed by atoms with Crippen molar-refractivity contribution in [2.45, 2.75) is 19.1 Å². The van der Waals surface area contributed by atoms with E-state index in [1.165, 1.54) is 6.92 Å². The van der Waals surface area contributed by atoms with Gasteiger partial charge in [0.1, 0.15) is 0 Å². The highest BCUT2D eigenvalue weighted by atomic mass is 35.5. The first kappa shape index (κ1) is 15.9. The van der Waals surface area contributed by atoms with Gasteiger partial charge in [-0.1, -0.05) is 23.7 Å². The average molecular weight is 326 g/mol. The summed E-state index contributed by atoms with van der Waals surface area (Å²) in [6.45, 7) is 2.21. The summed E-state index contributed by atoms with van der Waals surface area (Å²) in [6.07, 6.45) is 0.912. The second kappa shape index (κ2) is 8.05. The number of thioether (sulfide) groups is 1. The minimum atomic E-state index is 0.00119. The summed E-state index contributed by atoms with van der Waals surface area (Å²) in [5, 5.41) is 11.4. The van der Waals surface area contributed by atoms with Crippen molar-refractivity contribution in [2.24, 2.45) is 0 Å². The van der Waals surface area contributed by atoms with Gasteiger partial charge in [-0.25, -0.2) is 0 Å². The van der Waals surface area contributed by atoms with Crippen LogP contribution in [0.3, 0.4) is 0 Å². The molecule has 21 heavy (non-hydrogen) atoms. The molecular weight excluding hydrogens is 310 g/mol. The van der Waals surface area contributed by atoms with Crippen molar-refractivity contribution < 1.29 is 9.21 Å². The highest BCUT2D eigenvalue weighted by Gasteiger charge is 2.11. The number of rotatable bonds is 7. The van der Waals surface area contributed by atoms with Crippen molar-refractivity contribution in [3.63, 3.8) is 0 Å². The van der Waals surface area contributed by atoms with Crippen LogP contribution in [0, 0.1) is 0 Å². The van der Waals surface area contributed by atoms with Crippen LogP contribution in [0.4, 0.5) is 0 Å². The number of hydrogen-bond acceptors (Lipinski definition) is 5. The quantitative estimate of drug-likeness (QED) is 0.792. The van der Waals surface area contributed by atoms with E-state index in [9.17, 15) is 4.79 Å². The molecule has 1 heterocycles. The smallest absolute Gasteiger partial charge is 0.249 e. The van der Waals surface area contributed by atoms with Crippen molar-refractivity contribution in [3.8, 4) is 11.5 Å². The molecule has 0 aliphatic rings. The van der Waals surface area contributed by atoms with Gasteiger partial charge >= 0.3 is 0 Å². The lowest BCUT2D eigenvalue weighted by atomic mass is 10.2. The maximum absolute atomic E-state index is 10.7. The van der Waals surface area contributed by atoms with Gasteiger partial charge in [-0.05, 0) is 24.3 Å². The van der Waals surface area contributed by atoms with Crippen molar-refractivity contribution in [3.05, 3.63) is 35.2 Å². The van der Waals surface area contributed by atoms with Gasteiger partial charge in [-0.2, -0.15) is 11.8 Å². The normalized spacial score (nSPS) is 10.6. The van der Waals surface area contributed by atoms with Gasteiger partial charge in [0.25, 0.3) is 0 Å². The third-order valence-corrected chi connectivity index (χ3v) is 3.99. The third-order valence-electron chi connectivity index (χ3n) is 2.64. The number of nitrogens with zero attached hydrogens (tertiary/aromatic N) is 2. The fraction of sp³-hybridized carbons (Fsp3) is 0.357. The van der Waals surface area contributed by atoms with Crippen LogP contribution in [-0.2, 0) is 10.5 Å². The molecule has 0 spiro atoms. The van der Waals surface area contributed by atoms with Gasteiger partial charge in [0, 0.05) is 13.5 Å². The molecular formula is C14H16ClN3O2S. The summed E-state index contributed by atoms with van der Waals surface area (Å²) < 4.78 is 5.60. The highest BCUT2D eigenvalue weighted by Crippen LogP contribution is 2.26. The number of hydrogen-bond donors (Lipinski definition) is 1. The van der Waals surface area contributed by atoms with Crippen molar-refractivity contribution in [1.82, 2.24) is 15.5 Å². The maximum Gasteiger partial charge on any atom is 0.249 e. The molecule has 5 nitrogen and oxygen atoms in total. The minimum Gasteiger partial charge on any atom is -0.420 e. The fourth-order valence-corrected chi connectivity index (χ4v) is 2.65. The van der Waals surface area contributed by atoms with E-state index in [0.717, 1.165) is 17.7 Å². The Labute approximate surface area is 132 Å². The summed E-state index contributed by atoms with van der Waals surface area (Å²) in [5.41, 5.74) is 0.744. The lowest BCUT2D eigenvalue weighted by Gasteiger charge is -2.00. The Morgan fingerprint density at radius 3 is 2.95 bits per heavy atom.